The van der Waals surface area contributed by atoms with Gasteiger partial charge >= 0.3 is 0 Å². The van der Waals surface area contributed by atoms with Crippen molar-refractivity contribution in [3.05, 3.63) is 129 Å². The molecule has 0 aliphatic carbocycles. The number of ketones is 1. The summed E-state index contributed by atoms with van der Waals surface area (Å²) in [5.41, 5.74) is 2.09. The Labute approximate surface area is 246 Å². The molecule has 0 radical (unpaired) electrons. The molecule has 4 rings (SSSR count). The fourth-order valence-corrected chi connectivity index (χ4v) is 4.71. The van der Waals surface area contributed by atoms with Gasteiger partial charge in [0.1, 0.15) is 11.4 Å². The first-order chi connectivity index (χ1) is 19.3. The molecule has 0 spiro atoms. The minimum atomic E-state index is -0.509. The molecule has 40 heavy (non-hydrogen) atoms. The highest BCUT2D eigenvalue weighted by molar-refractivity contribution is 8.00. The Bertz CT molecular complexity index is 1560. The second kappa shape index (κ2) is 13.8. The summed E-state index contributed by atoms with van der Waals surface area (Å²) in [6, 6.07) is 27.6. The summed E-state index contributed by atoms with van der Waals surface area (Å²) in [5, 5.41) is 6.26. The fourth-order valence-electron chi connectivity index (χ4n) is 3.62. The number of Topliss-reactive ketones (excluding diaryl/α,β-unsaturated/α-hetero) is 1. The van der Waals surface area contributed by atoms with Crippen molar-refractivity contribution in [2.45, 2.75) is 4.90 Å². The van der Waals surface area contributed by atoms with Crippen molar-refractivity contribution in [1.82, 2.24) is 5.32 Å². The smallest absolute Gasteiger partial charge is 0.272 e. The lowest BCUT2D eigenvalue weighted by Gasteiger charge is -2.13. The van der Waals surface area contributed by atoms with Gasteiger partial charge in [-0.25, -0.2) is 0 Å². The van der Waals surface area contributed by atoms with Crippen molar-refractivity contribution in [2.75, 3.05) is 18.2 Å². The van der Waals surface area contributed by atoms with Gasteiger partial charge in [0.05, 0.1) is 22.9 Å². The molecule has 0 saturated carbocycles. The fraction of sp³-hybridized carbons (Fsp3) is 0.0645. The number of methoxy groups -OCH3 is 1. The Hall–Kier alpha value is -4.04. The summed E-state index contributed by atoms with van der Waals surface area (Å²) in [7, 11) is 1.53. The Balaban J connectivity index is 1.46. The van der Waals surface area contributed by atoms with Crippen LogP contribution in [0.15, 0.2) is 108 Å². The maximum atomic E-state index is 13.3. The predicted octanol–water partition coefficient (Wildman–Crippen LogP) is 7.39. The molecule has 6 nitrogen and oxygen atoms in total. The number of hydrogen-bond acceptors (Lipinski definition) is 5. The topological polar surface area (TPSA) is 84.5 Å². The summed E-state index contributed by atoms with van der Waals surface area (Å²) < 4.78 is 5.40. The Morgan fingerprint density at radius 1 is 0.825 bits per heavy atom. The van der Waals surface area contributed by atoms with Crippen molar-refractivity contribution in [2.24, 2.45) is 0 Å². The van der Waals surface area contributed by atoms with Gasteiger partial charge in [0.15, 0.2) is 5.78 Å². The number of benzene rings is 4. The van der Waals surface area contributed by atoms with Gasteiger partial charge in [0.25, 0.3) is 11.8 Å². The maximum absolute atomic E-state index is 13.3. The third-order valence-corrected chi connectivity index (χ3v) is 7.44. The van der Waals surface area contributed by atoms with E-state index in [0.717, 1.165) is 4.90 Å². The van der Waals surface area contributed by atoms with Crippen LogP contribution in [0.5, 0.6) is 5.75 Å². The zero-order valence-electron chi connectivity index (χ0n) is 21.3. The minimum absolute atomic E-state index is 0.0454. The molecule has 4 aromatic carbocycles. The number of ether oxygens (including phenoxy) is 1. The number of hydrogen-bond donors (Lipinski definition) is 2. The van der Waals surface area contributed by atoms with Crippen molar-refractivity contribution >= 4 is 64.3 Å². The summed E-state index contributed by atoms with van der Waals surface area (Å²) in [6.45, 7) is 0. The van der Waals surface area contributed by atoms with E-state index in [9.17, 15) is 14.4 Å². The van der Waals surface area contributed by atoms with Crippen LogP contribution in [0.3, 0.4) is 0 Å². The quantitative estimate of drug-likeness (QED) is 0.114. The van der Waals surface area contributed by atoms with E-state index in [1.165, 1.54) is 18.9 Å². The molecule has 202 valence electrons. The molecular weight excluding hydrogens is 567 g/mol. The van der Waals surface area contributed by atoms with E-state index >= 15 is 0 Å². The van der Waals surface area contributed by atoms with Gasteiger partial charge in [-0.05, 0) is 66.7 Å². The molecule has 0 saturated heterocycles. The van der Waals surface area contributed by atoms with E-state index in [0.29, 0.717) is 38.2 Å². The highest BCUT2D eigenvalue weighted by Crippen LogP contribution is 2.26. The van der Waals surface area contributed by atoms with E-state index in [4.69, 9.17) is 27.9 Å². The molecule has 0 aliphatic heterocycles. The van der Waals surface area contributed by atoms with Crippen molar-refractivity contribution in [3.8, 4) is 5.75 Å². The zero-order valence-corrected chi connectivity index (χ0v) is 23.6. The molecule has 0 heterocycles. The van der Waals surface area contributed by atoms with Crippen LogP contribution in [0.2, 0.25) is 10.0 Å². The molecule has 0 unspecified atom stereocenters. The second-order valence-electron chi connectivity index (χ2n) is 8.44. The van der Waals surface area contributed by atoms with Gasteiger partial charge in [-0.2, -0.15) is 0 Å². The summed E-state index contributed by atoms with van der Waals surface area (Å²) in [4.78, 5) is 39.5. The number of carbonyl (C=O) groups excluding carboxylic acids is 3. The number of halogens is 2. The highest BCUT2D eigenvalue weighted by atomic mass is 35.5. The third-order valence-electron chi connectivity index (χ3n) is 5.69. The summed E-state index contributed by atoms with van der Waals surface area (Å²) in [6.07, 6.45) is 1.56. The lowest BCUT2D eigenvalue weighted by molar-refractivity contribution is -0.113. The van der Waals surface area contributed by atoms with Crippen LogP contribution in [0.1, 0.15) is 26.3 Å². The normalized spacial score (nSPS) is 11.0. The first kappa shape index (κ1) is 29.0. The monoisotopic (exact) mass is 590 g/mol. The van der Waals surface area contributed by atoms with E-state index in [1.54, 1.807) is 91.0 Å². The second-order valence-corrected chi connectivity index (χ2v) is 10.3. The largest absolute Gasteiger partial charge is 0.496 e. The molecule has 2 N–H and O–H groups in total. The first-order valence-electron chi connectivity index (χ1n) is 12.1. The lowest BCUT2D eigenvalue weighted by Crippen LogP contribution is -2.30. The van der Waals surface area contributed by atoms with Crippen LogP contribution >= 0.6 is 35.0 Å². The predicted molar refractivity (Wildman–Crippen MR) is 161 cm³/mol. The highest BCUT2D eigenvalue weighted by Gasteiger charge is 2.16. The van der Waals surface area contributed by atoms with E-state index < -0.39 is 11.8 Å². The van der Waals surface area contributed by atoms with E-state index in [-0.39, 0.29) is 17.2 Å². The number of anilines is 1. The average Bonchev–Trinajstić information content (AvgIpc) is 2.98. The Morgan fingerprint density at radius 3 is 2.23 bits per heavy atom. The Morgan fingerprint density at radius 2 is 1.52 bits per heavy atom. The van der Waals surface area contributed by atoms with Gasteiger partial charge in [-0.15, -0.1) is 11.8 Å². The van der Waals surface area contributed by atoms with Crippen LogP contribution in [0, 0.1) is 0 Å². The van der Waals surface area contributed by atoms with Gasteiger partial charge in [0, 0.05) is 27.3 Å². The standard InChI is InChI=1S/C31H24Cl2N2O4S/c1-39-29-10-6-5-9-22(29)18-27(35-30(37)20-7-3-2-4-8-20)31(38)34-23-12-14-24(15-13-23)40-19-28(36)21-11-16-25(32)26(33)17-21/h2-18H,19H2,1H3,(H,34,38)(H,35,37)/b27-18-. The number of carbonyl (C=O) groups is 3. The number of para-hydroxylation sites is 1. The van der Waals surface area contributed by atoms with Crippen molar-refractivity contribution in [3.63, 3.8) is 0 Å². The molecule has 0 aromatic heterocycles. The summed E-state index contributed by atoms with van der Waals surface area (Å²) >= 11 is 13.3. The van der Waals surface area contributed by atoms with Crippen LogP contribution in [0.4, 0.5) is 5.69 Å². The number of rotatable bonds is 10. The third kappa shape index (κ3) is 7.76. The molecule has 0 fully saturated rings. The molecular formula is C31H24Cl2N2O4S. The van der Waals surface area contributed by atoms with Crippen LogP contribution in [0.25, 0.3) is 6.08 Å². The van der Waals surface area contributed by atoms with Crippen LogP contribution in [-0.4, -0.2) is 30.5 Å². The van der Waals surface area contributed by atoms with Gasteiger partial charge < -0.3 is 15.4 Å². The van der Waals surface area contributed by atoms with E-state index in [1.807, 2.05) is 12.1 Å². The molecule has 0 atom stereocenters. The number of nitrogens with one attached hydrogen (secondary N) is 2. The van der Waals surface area contributed by atoms with Crippen molar-refractivity contribution in [1.29, 1.82) is 0 Å². The number of thioether (sulfide) groups is 1. The molecule has 2 amide bonds. The zero-order chi connectivity index (χ0) is 28.5. The molecule has 4 aromatic rings. The Kier molecular flexibility index (Phi) is 10.0. The van der Waals surface area contributed by atoms with Crippen molar-refractivity contribution < 1.29 is 19.1 Å². The maximum Gasteiger partial charge on any atom is 0.272 e. The lowest BCUT2D eigenvalue weighted by atomic mass is 10.1. The average molecular weight is 592 g/mol. The first-order valence-corrected chi connectivity index (χ1v) is 13.8. The number of amides is 2. The van der Waals surface area contributed by atoms with Crippen LogP contribution in [-0.2, 0) is 4.79 Å². The van der Waals surface area contributed by atoms with Gasteiger partial charge in [-0.1, -0.05) is 59.6 Å². The summed E-state index contributed by atoms with van der Waals surface area (Å²) in [5.74, 6) is -0.249. The van der Waals surface area contributed by atoms with Crippen LogP contribution < -0.4 is 15.4 Å². The van der Waals surface area contributed by atoms with E-state index in [2.05, 4.69) is 10.6 Å². The van der Waals surface area contributed by atoms with Gasteiger partial charge in [-0.3, -0.25) is 14.4 Å². The molecule has 9 heteroatoms. The SMILES string of the molecule is COc1ccccc1/C=C(\NC(=O)c1ccccc1)C(=O)Nc1ccc(SCC(=O)c2ccc(Cl)c(Cl)c2)cc1. The van der Waals surface area contributed by atoms with Gasteiger partial charge in [0.2, 0.25) is 0 Å². The molecule has 0 bridgehead atoms. The molecule has 0 aliphatic rings. The minimum Gasteiger partial charge on any atom is -0.496 e.